The minimum absolute atomic E-state index is 0.436. The van der Waals surface area contributed by atoms with Gasteiger partial charge in [-0.25, -0.2) is 4.79 Å². The van der Waals surface area contributed by atoms with Gasteiger partial charge < -0.3 is 25.6 Å². The first-order chi connectivity index (χ1) is 9.98. The van der Waals surface area contributed by atoms with Crippen LogP contribution in [0.1, 0.15) is 27.2 Å². The Morgan fingerprint density at radius 3 is 2.18 bits per heavy atom. The number of nitrogens with two attached hydrogens (primary N) is 1. The average Bonchev–Trinajstić information content (AvgIpc) is 2.39. The van der Waals surface area contributed by atoms with Crippen molar-refractivity contribution in [2.45, 2.75) is 39.3 Å². The van der Waals surface area contributed by atoms with Gasteiger partial charge in [-0.2, -0.15) is 0 Å². The topological polar surface area (TPSA) is 145 Å². The molecule has 4 N–H and O–H groups in total. The SMILES string of the molecule is COC(=O)[C@@H](COC(=O)C(C)(C)C)NC(=O)[C@H](N)CC(=O)O. The first-order valence-corrected chi connectivity index (χ1v) is 6.51. The normalized spacial score (nSPS) is 13.7. The number of amides is 1. The van der Waals surface area contributed by atoms with Crippen LogP contribution >= 0.6 is 0 Å². The van der Waals surface area contributed by atoms with Crippen molar-refractivity contribution in [2.75, 3.05) is 13.7 Å². The summed E-state index contributed by atoms with van der Waals surface area (Å²) in [7, 11) is 1.10. The molecule has 0 aromatic rings. The zero-order chi connectivity index (χ0) is 17.5. The first-order valence-electron chi connectivity index (χ1n) is 6.51. The van der Waals surface area contributed by atoms with Crippen molar-refractivity contribution < 1.29 is 33.8 Å². The van der Waals surface area contributed by atoms with E-state index in [1.54, 1.807) is 20.8 Å². The second kappa shape index (κ2) is 8.32. The third kappa shape index (κ3) is 7.02. The highest BCUT2D eigenvalue weighted by atomic mass is 16.5. The lowest BCUT2D eigenvalue weighted by Gasteiger charge is -2.21. The van der Waals surface area contributed by atoms with Crippen LogP contribution in [0, 0.1) is 5.41 Å². The van der Waals surface area contributed by atoms with E-state index >= 15 is 0 Å². The predicted molar refractivity (Wildman–Crippen MR) is 74.6 cm³/mol. The van der Waals surface area contributed by atoms with E-state index in [-0.39, 0.29) is 0 Å². The largest absolute Gasteiger partial charge is 0.481 e. The molecule has 0 aliphatic heterocycles. The molecule has 9 heteroatoms. The Morgan fingerprint density at radius 2 is 1.77 bits per heavy atom. The van der Waals surface area contributed by atoms with Gasteiger partial charge in [-0.3, -0.25) is 14.4 Å². The van der Waals surface area contributed by atoms with Gasteiger partial charge in [0.15, 0.2) is 6.04 Å². The fourth-order valence-electron chi connectivity index (χ4n) is 1.25. The smallest absolute Gasteiger partial charge is 0.331 e. The molecule has 0 aliphatic rings. The van der Waals surface area contributed by atoms with Crippen LogP contribution in [-0.4, -0.2) is 54.7 Å². The van der Waals surface area contributed by atoms with Crippen LogP contribution in [0.2, 0.25) is 0 Å². The Hall–Kier alpha value is -2.16. The summed E-state index contributed by atoms with van der Waals surface area (Å²) in [4.78, 5) is 45.4. The van der Waals surface area contributed by atoms with E-state index in [4.69, 9.17) is 15.6 Å². The lowest BCUT2D eigenvalue weighted by Crippen LogP contribution is -2.51. The van der Waals surface area contributed by atoms with Gasteiger partial charge in [0, 0.05) is 0 Å². The average molecular weight is 318 g/mol. The Bertz CT molecular complexity index is 442. The van der Waals surface area contributed by atoms with Crippen LogP contribution in [0.15, 0.2) is 0 Å². The summed E-state index contributed by atoms with van der Waals surface area (Å²) in [6, 6.07) is -2.59. The second-order valence-electron chi connectivity index (χ2n) is 5.64. The molecule has 0 aromatic heterocycles. The highest BCUT2D eigenvalue weighted by molar-refractivity contribution is 5.90. The van der Waals surface area contributed by atoms with Crippen LogP contribution in [0.4, 0.5) is 0 Å². The molecule has 0 rings (SSSR count). The summed E-state index contributed by atoms with van der Waals surface area (Å²) in [6.07, 6.45) is -0.596. The van der Waals surface area contributed by atoms with E-state index in [1.807, 2.05) is 0 Å². The predicted octanol–water partition coefficient (Wildman–Crippen LogP) is -0.964. The molecule has 9 nitrogen and oxygen atoms in total. The maximum Gasteiger partial charge on any atom is 0.331 e. The molecule has 0 heterocycles. The zero-order valence-corrected chi connectivity index (χ0v) is 13.0. The number of carbonyl (C=O) groups is 4. The molecule has 0 saturated carbocycles. The molecule has 22 heavy (non-hydrogen) atoms. The van der Waals surface area contributed by atoms with Crippen molar-refractivity contribution in [3.63, 3.8) is 0 Å². The van der Waals surface area contributed by atoms with Crippen molar-refractivity contribution in [1.82, 2.24) is 5.32 Å². The molecular weight excluding hydrogens is 296 g/mol. The van der Waals surface area contributed by atoms with E-state index in [0.29, 0.717) is 0 Å². The van der Waals surface area contributed by atoms with E-state index in [2.05, 4.69) is 10.1 Å². The lowest BCUT2D eigenvalue weighted by molar-refractivity contribution is -0.157. The molecule has 0 saturated heterocycles. The van der Waals surface area contributed by atoms with Gasteiger partial charge >= 0.3 is 17.9 Å². The fourth-order valence-corrected chi connectivity index (χ4v) is 1.25. The Kier molecular flexibility index (Phi) is 7.51. The van der Waals surface area contributed by atoms with Crippen molar-refractivity contribution in [1.29, 1.82) is 0 Å². The van der Waals surface area contributed by atoms with Crippen molar-refractivity contribution in [3.05, 3.63) is 0 Å². The molecule has 1 amide bonds. The second-order valence-corrected chi connectivity index (χ2v) is 5.64. The molecule has 126 valence electrons. The summed E-state index contributed by atoms with van der Waals surface area (Å²) in [5.74, 6) is -3.51. The molecule has 0 bridgehead atoms. The van der Waals surface area contributed by atoms with Crippen LogP contribution in [-0.2, 0) is 28.7 Å². The number of ether oxygens (including phenoxy) is 2. The van der Waals surface area contributed by atoms with Crippen molar-refractivity contribution in [2.24, 2.45) is 11.1 Å². The minimum Gasteiger partial charge on any atom is -0.481 e. The summed E-state index contributed by atoms with van der Waals surface area (Å²) in [5, 5.41) is 10.8. The summed E-state index contributed by atoms with van der Waals surface area (Å²) >= 11 is 0. The maximum atomic E-state index is 11.7. The number of hydrogen-bond donors (Lipinski definition) is 3. The zero-order valence-electron chi connectivity index (χ0n) is 13.0. The maximum absolute atomic E-state index is 11.7. The molecule has 0 radical (unpaired) electrons. The number of hydrogen-bond acceptors (Lipinski definition) is 7. The van der Waals surface area contributed by atoms with E-state index in [9.17, 15) is 19.2 Å². The van der Waals surface area contributed by atoms with E-state index in [0.717, 1.165) is 7.11 Å². The fraction of sp³-hybridized carbons (Fsp3) is 0.692. The number of aliphatic carboxylic acids is 1. The number of methoxy groups -OCH3 is 1. The quantitative estimate of drug-likeness (QED) is 0.509. The minimum atomic E-state index is -1.33. The lowest BCUT2D eigenvalue weighted by atomic mass is 9.97. The number of carbonyl (C=O) groups excluding carboxylic acids is 3. The summed E-state index contributed by atoms with van der Waals surface area (Å²) < 4.78 is 9.43. The van der Waals surface area contributed by atoms with Crippen LogP contribution in [0.3, 0.4) is 0 Å². The van der Waals surface area contributed by atoms with Gasteiger partial charge in [-0.05, 0) is 20.8 Å². The number of esters is 2. The van der Waals surface area contributed by atoms with Gasteiger partial charge in [-0.15, -0.1) is 0 Å². The van der Waals surface area contributed by atoms with Gasteiger partial charge in [0.1, 0.15) is 6.61 Å². The molecule has 0 aliphatic carbocycles. The highest BCUT2D eigenvalue weighted by Crippen LogP contribution is 2.15. The summed E-state index contributed by atoms with van der Waals surface area (Å²) in [5.41, 5.74) is 4.61. The monoisotopic (exact) mass is 318 g/mol. The van der Waals surface area contributed by atoms with Gasteiger partial charge in [0.05, 0.1) is 25.0 Å². The molecule has 0 fully saturated rings. The third-order valence-electron chi connectivity index (χ3n) is 2.53. The number of carboxylic acid groups (broad SMARTS) is 1. The van der Waals surface area contributed by atoms with Gasteiger partial charge in [0.2, 0.25) is 5.91 Å². The summed E-state index contributed by atoms with van der Waals surface area (Å²) in [6.45, 7) is 4.45. The van der Waals surface area contributed by atoms with E-state index < -0.39 is 54.3 Å². The van der Waals surface area contributed by atoms with Crippen LogP contribution in [0.25, 0.3) is 0 Å². The molecule has 2 atom stereocenters. The molecular formula is C13H22N2O7. The standard InChI is InChI=1S/C13H22N2O7/c1-13(2,3)12(20)22-6-8(11(19)21-4)15-10(18)7(14)5-9(16)17/h7-8H,5-6,14H2,1-4H3,(H,15,18)(H,16,17)/t7-,8-/m1/s1. The van der Waals surface area contributed by atoms with Crippen molar-refractivity contribution >= 4 is 23.8 Å². The Balaban J connectivity index is 4.73. The third-order valence-corrected chi connectivity index (χ3v) is 2.53. The van der Waals surface area contributed by atoms with Crippen LogP contribution < -0.4 is 11.1 Å². The first kappa shape index (κ1) is 19.8. The number of rotatable bonds is 7. The molecule has 0 spiro atoms. The van der Waals surface area contributed by atoms with E-state index in [1.165, 1.54) is 0 Å². The van der Waals surface area contributed by atoms with Crippen LogP contribution in [0.5, 0.6) is 0 Å². The van der Waals surface area contributed by atoms with Gasteiger partial charge in [0.25, 0.3) is 0 Å². The highest BCUT2D eigenvalue weighted by Gasteiger charge is 2.29. The molecule has 0 unspecified atom stereocenters. The van der Waals surface area contributed by atoms with Gasteiger partial charge in [-0.1, -0.05) is 0 Å². The Morgan fingerprint density at radius 1 is 1.23 bits per heavy atom. The number of nitrogens with one attached hydrogen (secondary N) is 1. The molecule has 0 aromatic carbocycles. The van der Waals surface area contributed by atoms with Crippen molar-refractivity contribution in [3.8, 4) is 0 Å². The number of carboxylic acids is 1. The Labute approximate surface area is 128 Å².